The summed E-state index contributed by atoms with van der Waals surface area (Å²) < 4.78 is 0. The van der Waals surface area contributed by atoms with E-state index < -0.39 is 4.92 Å². The maximum Gasteiger partial charge on any atom is 0.269 e. The lowest BCUT2D eigenvalue weighted by atomic mass is 9.94. The zero-order valence-electron chi connectivity index (χ0n) is 16.5. The molecule has 0 bridgehead atoms. The Kier molecular flexibility index (Phi) is 5.99. The maximum atomic E-state index is 13.4. The van der Waals surface area contributed by atoms with Gasteiger partial charge in [-0.1, -0.05) is 49.6 Å². The molecule has 0 N–H and O–H groups in total. The fourth-order valence-corrected chi connectivity index (χ4v) is 5.14. The molecule has 1 saturated carbocycles. The van der Waals surface area contributed by atoms with Crippen molar-refractivity contribution in [1.29, 1.82) is 0 Å². The topological polar surface area (TPSA) is 80.5 Å². The molecule has 2 aliphatic rings. The quantitative estimate of drug-likeness (QED) is 0.374. The van der Waals surface area contributed by atoms with Gasteiger partial charge in [-0.25, -0.2) is 0 Å². The maximum absolute atomic E-state index is 13.4. The molecule has 1 aliphatic carbocycles. The lowest BCUT2D eigenvalue weighted by Crippen LogP contribution is -2.42. The third-order valence-electron chi connectivity index (χ3n) is 5.61. The first-order valence-electron chi connectivity index (χ1n) is 10.1. The van der Waals surface area contributed by atoms with Crippen LogP contribution in [0.2, 0.25) is 0 Å². The van der Waals surface area contributed by atoms with Gasteiger partial charge in [-0.15, -0.1) is 11.8 Å². The number of thioether (sulfide) groups is 1. The van der Waals surface area contributed by atoms with Gasteiger partial charge in [0.1, 0.15) is 0 Å². The van der Waals surface area contributed by atoms with Crippen LogP contribution in [0.15, 0.2) is 59.5 Å². The Morgan fingerprint density at radius 2 is 1.60 bits per heavy atom. The smallest absolute Gasteiger partial charge is 0.269 e. The summed E-state index contributed by atoms with van der Waals surface area (Å²) in [5, 5.41) is 11.0. The number of non-ortho nitro benzene ring substituents is 1. The van der Waals surface area contributed by atoms with E-state index in [-0.39, 0.29) is 23.5 Å². The van der Waals surface area contributed by atoms with Crippen LogP contribution in [-0.2, 0) is 15.3 Å². The molecule has 1 aliphatic heterocycles. The number of hydrogen-bond acceptors (Lipinski definition) is 5. The molecular formula is C23H22N2O4S. The van der Waals surface area contributed by atoms with E-state index in [1.165, 1.54) is 28.8 Å². The Morgan fingerprint density at radius 1 is 0.933 bits per heavy atom. The van der Waals surface area contributed by atoms with Crippen LogP contribution in [0, 0.1) is 10.1 Å². The number of rotatable bonds is 6. The molecule has 0 aromatic heterocycles. The first-order valence-corrected chi connectivity index (χ1v) is 11.1. The molecule has 0 spiro atoms. The van der Waals surface area contributed by atoms with Crippen LogP contribution in [0.25, 0.3) is 5.57 Å². The van der Waals surface area contributed by atoms with E-state index in [2.05, 4.69) is 0 Å². The van der Waals surface area contributed by atoms with Crippen molar-refractivity contribution in [3.05, 3.63) is 80.7 Å². The van der Waals surface area contributed by atoms with E-state index in [1.807, 2.05) is 30.3 Å². The molecule has 2 aromatic rings. The monoisotopic (exact) mass is 422 g/mol. The molecule has 0 saturated heterocycles. The van der Waals surface area contributed by atoms with Gasteiger partial charge in [0.05, 0.1) is 15.4 Å². The molecule has 0 radical (unpaired) electrons. The zero-order chi connectivity index (χ0) is 21.1. The molecule has 2 amide bonds. The van der Waals surface area contributed by atoms with Gasteiger partial charge in [0.2, 0.25) is 0 Å². The predicted octanol–water partition coefficient (Wildman–Crippen LogP) is 4.94. The summed E-state index contributed by atoms with van der Waals surface area (Å²) in [6, 6.07) is 15.6. The zero-order valence-corrected chi connectivity index (χ0v) is 17.3. The van der Waals surface area contributed by atoms with Crippen LogP contribution < -0.4 is 0 Å². The standard InChI is InChI=1S/C23H22N2O4S/c26-22-20(17-11-13-19(14-12-17)25(28)29)21(30-15-16-7-3-1-4-8-16)23(27)24(22)18-9-5-2-6-10-18/h1,3-4,7-8,11-14,18H,2,5-6,9-10,15H2. The average Bonchev–Trinajstić information content (AvgIpc) is 3.03. The molecule has 154 valence electrons. The van der Waals surface area contributed by atoms with Gasteiger partial charge in [0, 0.05) is 23.9 Å². The summed E-state index contributed by atoms with van der Waals surface area (Å²) in [4.78, 5) is 39.1. The van der Waals surface area contributed by atoms with Crippen molar-refractivity contribution in [2.24, 2.45) is 0 Å². The van der Waals surface area contributed by atoms with Gasteiger partial charge in [0.25, 0.3) is 17.5 Å². The summed E-state index contributed by atoms with van der Waals surface area (Å²) >= 11 is 1.36. The predicted molar refractivity (Wildman–Crippen MR) is 116 cm³/mol. The van der Waals surface area contributed by atoms with Crippen molar-refractivity contribution in [3.8, 4) is 0 Å². The summed E-state index contributed by atoms with van der Waals surface area (Å²) in [6.45, 7) is 0. The molecule has 7 heteroatoms. The number of imide groups is 1. The number of nitrogens with zero attached hydrogens (tertiary/aromatic N) is 2. The van der Waals surface area contributed by atoms with Crippen molar-refractivity contribution < 1.29 is 14.5 Å². The summed E-state index contributed by atoms with van der Waals surface area (Å²) in [5.41, 5.74) is 1.93. The number of carbonyl (C=O) groups excluding carboxylic acids is 2. The highest BCUT2D eigenvalue weighted by molar-refractivity contribution is 8.03. The van der Waals surface area contributed by atoms with Gasteiger partial charge in [0.15, 0.2) is 0 Å². The second-order valence-corrected chi connectivity index (χ2v) is 8.54. The van der Waals surface area contributed by atoms with Crippen LogP contribution in [0.5, 0.6) is 0 Å². The van der Waals surface area contributed by atoms with Crippen molar-refractivity contribution in [3.63, 3.8) is 0 Å². The lowest BCUT2D eigenvalue weighted by Gasteiger charge is -2.29. The molecular weight excluding hydrogens is 400 g/mol. The number of amides is 2. The van der Waals surface area contributed by atoms with Crippen molar-refractivity contribution in [2.45, 2.75) is 43.9 Å². The number of nitro groups is 1. The highest BCUT2D eigenvalue weighted by Gasteiger charge is 2.43. The first-order chi connectivity index (χ1) is 14.6. The van der Waals surface area contributed by atoms with E-state index >= 15 is 0 Å². The van der Waals surface area contributed by atoms with Crippen molar-refractivity contribution in [1.82, 2.24) is 4.90 Å². The molecule has 0 unspecified atom stereocenters. The minimum Gasteiger partial charge on any atom is -0.271 e. The fourth-order valence-electron chi connectivity index (χ4n) is 4.07. The van der Waals surface area contributed by atoms with E-state index in [9.17, 15) is 19.7 Å². The Labute approximate surface area is 179 Å². The second-order valence-electron chi connectivity index (χ2n) is 7.55. The van der Waals surface area contributed by atoms with Crippen molar-refractivity contribution >= 4 is 34.8 Å². The van der Waals surface area contributed by atoms with E-state index in [0.717, 1.165) is 37.7 Å². The van der Waals surface area contributed by atoms with Gasteiger partial charge >= 0.3 is 0 Å². The second kappa shape index (κ2) is 8.83. The minimum absolute atomic E-state index is 0.0428. The molecule has 1 fully saturated rings. The van der Waals surface area contributed by atoms with Crippen LogP contribution in [-0.4, -0.2) is 27.7 Å². The van der Waals surface area contributed by atoms with Gasteiger partial charge in [-0.2, -0.15) is 0 Å². The molecule has 1 heterocycles. The first kappa shape index (κ1) is 20.3. The number of carbonyl (C=O) groups is 2. The Morgan fingerprint density at radius 3 is 2.23 bits per heavy atom. The summed E-state index contributed by atoms with van der Waals surface area (Å²) in [7, 11) is 0. The van der Waals surface area contributed by atoms with Crippen LogP contribution >= 0.6 is 11.8 Å². The summed E-state index contributed by atoms with van der Waals surface area (Å²) in [6.07, 6.45) is 4.83. The fraction of sp³-hybridized carbons (Fsp3) is 0.304. The number of hydrogen-bond donors (Lipinski definition) is 0. The molecule has 4 rings (SSSR count). The van der Waals surface area contributed by atoms with E-state index in [1.54, 1.807) is 12.1 Å². The molecule has 30 heavy (non-hydrogen) atoms. The van der Waals surface area contributed by atoms with Crippen LogP contribution in [0.4, 0.5) is 5.69 Å². The Hall–Kier alpha value is -2.93. The minimum atomic E-state index is -0.473. The average molecular weight is 423 g/mol. The van der Waals surface area contributed by atoms with E-state index in [0.29, 0.717) is 21.8 Å². The third kappa shape index (κ3) is 4.03. The number of nitro benzene ring substituents is 1. The van der Waals surface area contributed by atoms with Crippen molar-refractivity contribution in [2.75, 3.05) is 0 Å². The molecule has 6 nitrogen and oxygen atoms in total. The number of benzene rings is 2. The van der Waals surface area contributed by atoms with Gasteiger partial charge < -0.3 is 0 Å². The Balaban J connectivity index is 1.68. The normalized spacial score (nSPS) is 17.7. The molecule has 2 aromatic carbocycles. The third-order valence-corrected chi connectivity index (χ3v) is 6.75. The SMILES string of the molecule is O=C1C(SCc2ccccc2)=C(c2ccc([N+](=O)[O-])cc2)C(=O)N1C1CCCCC1. The van der Waals surface area contributed by atoms with Crippen LogP contribution in [0.1, 0.15) is 43.2 Å². The largest absolute Gasteiger partial charge is 0.271 e. The van der Waals surface area contributed by atoms with Gasteiger partial charge in [-0.3, -0.25) is 24.6 Å². The molecule has 0 atom stereocenters. The van der Waals surface area contributed by atoms with Crippen LogP contribution in [0.3, 0.4) is 0 Å². The van der Waals surface area contributed by atoms with Gasteiger partial charge in [-0.05, 0) is 36.1 Å². The Bertz CT molecular complexity index is 996. The highest BCUT2D eigenvalue weighted by Crippen LogP contribution is 2.40. The van der Waals surface area contributed by atoms with E-state index in [4.69, 9.17) is 0 Å². The summed E-state index contributed by atoms with van der Waals surface area (Å²) in [5.74, 6) is 0.0574. The lowest BCUT2D eigenvalue weighted by molar-refractivity contribution is -0.384. The highest BCUT2D eigenvalue weighted by atomic mass is 32.2.